The molecule has 2 aliphatic rings. The maximum absolute atomic E-state index is 12.5. The summed E-state index contributed by atoms with van der Waals surface area (Å²) in [6, 6.07) is 6.60. The van der Waals surface area contributed by atoms with E-state index in [1.807, 2.05) is 17.0 Å². The molecule has 1 aromatic heterocycles. The molecule has 1 unspecified atom stereocenters. The van der Waals surface area contributed by atoms with E-state index in [9.17, 15) is 4.79 Å². The van der Waals surface area contributed by atoms with Gasteiger partial charge in [0.2, 0.25) is 0 Å². The number of likely N-dealkylation sites (N-methyl/N-ethyl adjacent to an activating group) is 1. The first-order valence-corrected chi connectivity index (χ1v) is 9.37. The Morgan fingerprint density at radius 2 is 2.00 bits per heavy atom. The second kappa shape index (κ2) is 8.74. The number of hydrogen-bond acceptors (Lipinski definition) is 5. The minimum absolute atomic E-state index is 0.0587. The predicted octanol–water partition coefficient (Wildman–Crippen LogP) is 1.34. The number of amides is 1. The zero-order chi connectivity index (χ0) is 17.6. The number of aromatic nitrogens is 1. The van der Waals surface area contributed by atoms with Crippen molar-refractivity contribution in [3.05, 3.63) is 30.1 Å². The van der Waals surface area contributed by atoms with Gasteiger partial charge in [-0.15, -0.1) is 0 Å². The molecule has 138 valence electrons. The van der Waals surface area contributed by atoms with Crippen LogP contribution in [0.5, 0.6) is 0 Å². The molecule has 2 fully saturated rings. The van der Waals surface area contributed by atoms with Gasteiger partial charge in [-0.05, 0) is 38.9 Å². The molecule has 3 heterocycles. The molecule has 0 aromatic carbocycles. The van der Waals surface area contributed by atoms with Crippen LogP contribution in [0.2, 0.25) is 0 Å². The van der Waals surface area contributed by atoms with Crippen molar-refractivity contribution in [3.8, 4) is 0 Å². The molecule has 3 rings (SSSR count). The molecule has 2 saturated heterocycles. The van der Waals surface area contributed by atoms with E-state index in [0.29, 0.717) is 17.8 Å². The summed E-state index contributed by atoms with van der Waals surface area (Å²) in [4.78, 5) is 23.6. The number of morpholine rings is 1. The Morgan fingerprint density at radius 1 is 1.28 bits per heavy atom. The molecule has 1 amide bonds. The zero-order valence-electron chi connectivity index (χ0n) is 15.4. The van der Waals surface area contributed by atoms with Crippen molar-refractivity contribution in [1.29, 1.82) is 0 Å². The van der Waals surface area contributed by atoms with E-state index in [-0.39, 0.29) is 5.91 Å². The van der Waals surface area contributed by atoms with E-state index >= 15 is 0 Å². The van der Waals surface area contributed by atoms with Crippen LogP contribution >= 0.6 is 0 Å². The second-order valence-corrected chi connectivity index (χ2v) is 7.18. The van der Waals surface area contributed by atoms with Gasteiger partial charge in [0.05, 0.1) is 13.2 Å². The fourth-order valence-electron chi connectivity index (χ4n) is 3.86. The maximum atomic E-state index is 12.5. The first-order valence-electron chi connectivity index (χ1n) is 9.37. The standard InChI is InChI=1S/C19H30N4O2/c1-16(22-11-13-25-14-12-22)15-21(2)17-6-9-23(10-7-17)19(24)18-5-3-4-8-20-18/h3-5,8,16-17H,6-7,9-15H2,1-2H3. The summed E-state index contributed by atoms with van der Waals surface area (Å²) >= 11 is 0. The number of piperidine rings is 1. The lowest BCUT2D eigenvalue weighted by atomic mass is 10.0. The van der Waals surface area contributed by atoms with Crippen molar-refractivity contribution in [3.63, 3.8) is 0 Å². The summed E-state index contributed by atoms with van der Waals surface area (Å²) in [6.45, 7) is 8.77. The minimum atomic E-state index is 0.0587. The Hall–Kier alpha value is -1.50. The van der Waals surface area contributed by atoms with Crippen molar-refractivity contribution in [2.75, 3.05) is 53.0 Å². The normalized spacial score (nSPS) is 21.5. The molecule has 0 saturated carbocycles. The van der Waals surface area contributed by atoms with E-state index in [1.165, 1.54) is 0 Å². The van der Waals surface area contributed by atoms with Crippen molar-refractivity contribution in [2.24, 2.45) is 0 Å². The van der Waals surface area contributed by atoms with Gasteiger partial charge in [-0.25, -0.2) is 0 Å². The quantitative estimate of drug-likeness (QED) is 0.805. The minimum Gasteiger partial charge on any atom is -0.379 e. The van der Waals surface area contributed by atoms with Crippen molar-refractivity contribution < 1.29 is 9.53 Å². The van der Waals surface area contributed by atoms with Gasteiger partial charge in [0.25, 0.3) is 5.91 Å². The fraction of sp³-hybridized carbons (Fsp3) is 0.684. The maximum Gasteiger partial charge on any atom is 0.272 e. The Labute approximate surface area is 150 Å². The number of carbonyl (C=O) groups is 1. The van der Waals surface area contributed by atoms with Gasteiger partial charge in [-0.2, -0.15) is 0 Å². The van der Waals surface area contributed by atoms with Gasteiger partial charge in [0.15, 0.2) is 0 Å². The van der Waals surface area contributed by atoms with Crippen LogP contribution in [0.25, 0.3) is 0 Å². The van der Waals surface area contributed by atoms with Crippen LogP contribution < -0.4 is 0 Å². The van der Waals surface area contributed by atoms with Crippen LogP contribution in [0.3, 0.4) is 0 Å². The number of likely N-dealkylation sites (tertiary alicyclic amines) is 1. The zero-order valence-corrected chi connectivity index (χ0v) is 15.4. The van der Waals surface area contributed by atoms with Crippen LogP contribution in [0.1, 0.15) is 30.3 Å². The lowest BCUT2D eigenvalue weighted by Gasteiger charge is -2.40. The van der Waals surface area contributed by atoms with Crippen molar-refractivity contribution in [1.82, 2.24) is 19.7 Å². The molecular weight excluding hydrogens is 316 g/mol. The largest absolute Gasteiger partial charge is 0.379 e. The van der Waals surface area contributed by atoms with Gasteiger partial charge in [0, 0.05) is 51.0 Å². The average molecular weight is 346 g/mol. The van der Waals surface area contributed by atoms with Gasteiger partial charge in [-0.3, -0.25) is 14.7 Å². The van der Waals surface area contributed by atoms with Crippen LogP contribution in [-0.2, 0) is 4.74 Å². The van der Waals surface area contributed by atoms with Gasteiger partial charge < -0.3 is 14.5 Å². The van der Waals surface area contributed by atoms with Crippen LogP contribution in [0.15, 0.2) is 24.4 Å². The third-order valence-corrected chi connectivity index (χ3v) is 5.48. The van der Waals surface area contributed by atoms with Crippen LogP contribution in [0, 0.1) is 0 Å². The lowest BCUT2D eigenvalue weighted by Crippen LogP contribution is -2.51. The highest BCUT2D eigenvalue weighted by atomic mass is 16.5. The molecule has 0 bridgehead atoms. The monoisotopic (exact) mass is 346 g/mol. The van der Waals surface area contributed by atoms with Crippen molar-refractivity contribution >= 4 is 5.91 Å². The molecule has 2 aliphatic heterocycles. The molecule has 6 nitrogen and oxygen atoms in total. The molecule has 1 aromatic rings. The van der Waals surface area contributed by atoms with Crippen LogP contribution in [0.4, 0.5) is 0 Å². The summed E-state index contributed by atoms with van der Waals surface area (Å²) in [5, 5.41) is 0. The van der Waals surface area contributed by atoms with E-state index < -0.39 is 0 Å². The number of nitrogens with zero attached hydrogens (tertiary/aromatic N) is 4. The molecule has 0 N–H and O–H groups in total. The van der Waals surface area contributed by atoms with Gasteiger partial charge >= 0.3 is 0 Å². The number of hydrogen-bond donors (Lipinski definition) is 0. The highest BCUT2D eigenvalue weighted by Crippen LogP contribution is 2.18. The summed E-state index contributed by atoms with van der Waals surface area (Å²) in [5.41, 5.74) is 0.551. The first kappa shape index (κ1) is 18.3. The second-order valence-electron chi connectivity index (χ2n) is 7.18. The Bertz CT molecular complexity index is 540. The topological polar surface area (TPSA) is 48.9 Å². The Morgan fingerprint density at radius 3 is 2.64 bits per heavy atom. The third kappa shape index (κ3) is 4.77. The summed E-state index contributed by atoms with van der Waals surface area (Å²) in [6.07, 6.45) is 3.75. The molecular formula is C19H30N4O2. The number of rotatable bonds is 5. The molecule has 25 heavy (non-hydrogen) atoms. The van der Waals surface area contributed by atoms with Crippen molar-refractivity contribution in [2.45, 2.75) is 31.8 Å². The van der Waals surface area contributed by atoms with Gasteiger partial charge in [0.1, 0.15) is 5.69 Å². The summed E-state index contributed by atoms with van der Waals surface area (Å²) in [7, 11) is 2.22. The van der Waals surface area contributed by atoms with Crippen LogP contribution in [-0.4, -0.2) is 90.7 Å². The molecule has 0 radical (unpaired) electrons. The predicted molar refractivity (Wildman–Crippen MR) is 97.6 cm³/mol. The number of pyridine rings is 1. The van der Waals surface area contributed by atoms with E-state index in [1.54, 1.807) is 12.3 Å². The number of ether oxygens (including phenoxy) is 1. The average Bonchev–Trinajstić information content (AvgIpc) is 2.69. The Kier molecular flexibility index (Phi) is 6.39. The molecule has 1 atom stereocenters. The molecule has 0 spiro atoms. The lowest BCUT2D eigenvalue weighted by molar-refractivity contribution is 0.00865. The van der Waals surface area contributed by atoms with E-state index in [2.05, 4.69) is 28.8 Å². The van der Waals surface area contributed by atoms with Gasteiger partial charge in [-0.1, -0.05) is 6.07 Å². The highest BCUT2D eigenvalue weighted by Gasteiger charge is 2.28. The third-order valence-electron chi connectivity index (χ3n) is 5.48. The summed E-state index contributed by atoms with van der Waals surface area (Å²) in [5.74, 6) is 0.0587. The first-order chi connectivity index (χ1) is 12.1. The summed E-state index contributed by atoms with van der Waals surface area (Å²) < 4.78 is 5.44. The van der Waals surface area contributed by atoms with E-state index in [4.69, 9.17) is 4.74 Å². The van der Waals surface area contributed by atoms with E-state index in [0.717, 1.165) is 58.8 Å². The highest BCUT2D eigenvalue weighted by molar-refractivity contribution is 5.92. The molecule has 0 aliphatic carbocycles. The smallest absolute Gasteiger partial charge is 0.272 e. The number of carbonyl (C=O) groups excluding carboxylic acids is 1. The fourth-order valence-corrected chi connectivity index (χ4v) is 3.86. The SMILES string of the molecule is CC(CN(C)C1CCN(C(=O)c2ccccn2)CC1)N1CCOCC1. The molecule has 6 heteroatoms. The Balaban J connectivity index is 1.45.